The number of nitrogens with one attached hydrogen (secondary N) is 1. The number of aliphatic hydroxyl groups is 1. The molecule has 0 heterocycles. The molecule has 3 N–H and O–H groups in total. The number of aliphatic imine (C=N–C) groups is 1. The molecule has 1 amide bonds. The minimum atomic E-state index is -0.927. The number of carboxylic acid groups (broad SMARTS) is 1. The summed E-state index contributed by atoms with van der Waals surface area (Å²) in [5, 5.41) is 21.6. The van der Waals surface area contributed by atoms with Gasteiger partial charge in [0.15, 0.2) is 0 Å². The molecule has 0 radical (unpaired) electrons. The summed E-state index contributed by atoms with van der Waals surface area (Å²) < 4.78 is 0. The van der Waals surface area contributed by atoms with Crippen LogP contribution in [0.4, 0.5) is 0 Å². The Morgan fingerprint density at radius 2 is 1.89 bits per heavy atom. The minimum Gasteiger partial charge on any atom is -0.515 e. The number of amides is 1. The molecule has 0 atom stereocenters. The molecule has 6 heteroatoms. The predicted octanol–water partition coefficient (Wildman–Crippen LogP) is 4.18. The van der Waals surface area contributed by atoms with Gasteiger partial charge < -0.3 is 15.5 Å². The van der Waals surface area contributed by atoms with Gasteiger partial charge in [0.1, 0.15) is 0 Å². The van der Waals surface area contributed by atoms with Crippen LogP contribution in [0.25, 0.3) is 0 Å². The lowest BCUT2D eigenvalue weighted by Crippen LogP contribution is -2.48. The van der Waals surface area contributed by atoms with Crippen LogP contribution in [0.3, 0.4) is 0 Å². The molecule has 0 bridgehead atoms. The van der Waals surface area contributed by atoms with Crippen molar-refractivity contribution >= 4 is 17.6 Å². The van der Waals surface area contributed by atoms with Crippen LogP contribution in [0.2, 0.25) is 0 Å². The fourth-order valence-corrected chi connectivity index (χ4v) is 3.45. The van der Waals surface area contributed by atoms with Crippen LogP contribution in [0.5, 0.6) is 0 Å². The van der Waals surface area contributed by atoms with E-state index in [0.29, 0.717) is 18.8 Å². The van der Waals surface area contributed by atoms with Crippen LogP contribution in [0, 0.1) is 5.92 Å². The highest BCUT2D eigenvalue weighted by molar-refractivity contribution is 6.03. The van der Waals surface area contributed by atoms with E-state index in [2.05, 4.69) is 24.2 Å². The number of aliphatic hydroxyl groups excluding tert-OH is 1. The average Bonchev–Trinajstić information content (AvgIpc) is 3.02. The monoisotopic (exact) mass is 378 g/mol. The smallest absolute Gasteiger partial charge is 0.305 e. The SMILES string of the molecule is CCC(=NCCC(C)C)C(C)=CC(=CO)C(=O)NC1(CC(=O)O)CCCC1. The lowest BCUT2D eigenvalue weighted by molar-refractivity contribution is -0.139. The summed E-state index contributed by atoms with van der Waals surface area (Å²) in [4.78, 5) is 28.5. The Morgan fingerprint density at radius 3 is 2.37 bits per heavy atom. The molecule has 1 saturated carbocycles. The number of allylic oxidation sites excluding steroid dienone is 1. The van der Waals surface area contributed by atoms with Crippen LogP contribution in [0.15, 0.2) is 28.5 Å². The number of aliphatic carboxylic acids is 1. The van der Waals surface area contributed by atoms with Gasteiger partial charge in [-0.2, -0.15) is 0 Å². The molecule has 0 spiro atoms. The summed E-state index contributed by atoms with van der Waals surface area (Å²) in [6, 6.07) is 0. The van der Waals surface area contributed by atoms with Gasteiger partial charge in [0.2, 0.25) is 0 Å². The third-order valence-corrected chi connectivity index (χ3v) is 5.00. The first-order valence-electron chi connectivity index (χ1n) is 9.83. The number of carboxylic acids is 1. The summed E-state index contributed by atoms with van der Waals surface area (Å²) >= 11 is 0. The molecule has 0 unspecified atom stereocenters. The maximum absolute atomic E-state index is 12.6. The zero-order valence-corrected chi connectivity index (χ0v) is 17.0. The van der Waals surface area contributed by atoms with Crippen molar-refractivity contribution in [2.24, 2.45) is 10.9 Å². The Labute approximate surface area is 162 Å². The quantitative estimate of drug-likeness (QED) is 0.230. The number of hydrogen-bond acceptors (Lipinski definition) is 4. The number of rotatable bonds is 10. The summed E-state index contributed by atoms with van der Waals surface area (Å²) in [6.45, 7) is 8.91. The standard InChI is InChI=1S/C21H34N2O4/c1-5-18(22-11-8-15(2)3)16(4)12-17(14-24)20(27)23-21(13-19(25)26)9-6-7-10-21/h12,14-15,24H,5-11,13H2,1-4H3,(H,23,27)(H,25,26). The van der Waals surface area contributed by atoms with Crippen LogP contribution in [0.1, 0.15) is 72.6 Å². The molecule has 1 aliphatic rings. The van der Waals surface area contributed by atoms with E-state index >= 15 is 0 Å². The van der Waals surface area contributed by atoms with Crippen molar-refractivity contribution in [2.75, 3.05) is 6.54 Å². The molecule has 0 aliphatic heterocycles. The second-order valence-corrected chi connectivity index (χ2v) is 7.79. The number of hydrogen-bond donors (Lipinski definition) is 3. The highest BCUT2D eigenvalue weighted by atomic mass is 16.4. The maximum Gasteiger partial charge on any atom is 0.305 e. The average molecular weight is 379 g/mol. The van der Waals surface area contributed by atoms with E-state index in [0.717, 1.165) is 49.8 Å². The summed E-state index contributed by atoms with van der Waals surface area (Å²) in [6.07, 6.45) is 7.11. The van der Waals surface area contributed by atoms with Gasteiger partial charge in [-0.15, -0.1) is 0 Å². The van der Waals surface area contributed by atoms with Crippen molar-refractivity contribution in [1.82, 2.24) is 5.32 Å². The van der Waals surface area contributed by atoms with E-state index in [1.807, 2.05) is 13.8 Å². The zero-order valence-electron chi connectivity index (χ0n) is 17.0. The Balaban J connectivity index is 2.90. The Morgan fingerprint density at radius 1 is 1.26 bits per heavy atom. The van der Waals surface area contributed by atoms with E-state index in [4.69, 9.17) is 0 Å². The van der Waals surface area contributed by atoms with Gasteiger partial charge in [-0.05, 0) is 50.2 Å². The van der Waals surface area contributed by atoms with Crippen molar-refractivity contribution < 1.29 is 19.8 Å². The van der Waals surface area contributed by atoms with Crippen molar-refractivity contribution in [3.05, 3.63) is 23.5 Å². The topological polar surface area (TPSA) is 99.0 Å². The second kappa shape index (κ2) is 10.9. The van der Waals surface area contributed by atoms with Gasteiger partial charge in [0.05, 0.1) is 23.8 Å². The van der Waals surface area contributed by atoms with Gasteiger partial charge >= 0.3 is 5.97 Å². The lowest BCUT2D eigenvalue weighted by Gasteiger charge is -2.28. The second-order valence-electron chi connectivity index (χ2n) is 7.79. The van der Waals surface area contributed by atoms with Crippen molar-refractivity contribution in [3.8, 4) is 0 Å². The summed E-state index contributed by atoms with van der Waals surface area (Å²) in [7, 11) is 0. The van der Waals surface area contributed by atoms with E-state index in [1.54, 1.807) is 6.08 Å². The third-order valence-electron chi connectivity index (χ3n) is 5.00. The molecule has 0 aromatic heterocycles. The first-order valence-corrected chi connectivity index (χ1v) is 9.83. The highest BCUT2D eigenvalue weighted by Gasteiger charge is 2.37. The summed E-state index contributed by atoms with van der Waals surface area (Å²) in [5.41, 5.74) is 1.13. The highest BCUT2D eigenvalue weighted by Crippen LogP contribution is 2.33. The molecule has 27 heavy (non-hydrogen) atoms. The Hall–Kier alpha value is -2.11. The van der Waals surface area contributed by atoms with Crippen molar-refractivity contribution in [1.29, 1.82) is 0 Å². The van der Waals surface area contributed by atoms with Gasteiger partial charge in [0.25, 0.3) is 5.91 Å². The number of nitrogens with zero attached hydrogens (tertiary/aromatic N) is 1. The van der Waals surface area contributed by atoms with Crippen LogP contribution < -0.4 is 5.32 Å². The van der Waals surface area contributed by atoms with Gasteiger partial charge in [-0.25, -0.2) is 0 Å². The number of carbonyl (C=O) groups excluding carboxylic acids is 1. The van der Waals surface area contributed by atoms with Crippen molar-refractivity contribution in [2.45, 2.75) is 78.2 Å². The molecule has 6 nitrogen and oxygen atoms in total. The van der Waals surface area contributed by atoms with Crippen LogP contribution in [-0.4, -0.2) is 39.9 Å². The van der Waals surface area contributed by atoms with Crippen molar-refractivity contribution in [3.63, 3.8) is 0 Å². The summed E-state index contributed by atoms with van der Waals surface area (Å²) in [5.74, 6) is -0.798. The normalized spacial score (nSPS) is 18.0. The predicted molar refractivity (Wildman–Crippen MR) is 108 cm³/mol. The molecule has 1 rings (SSSR count). The third kappa shape index (κ3) is 7.57. The lowest BCUT2D eigenvalue weighted by atomic mass is 9.92. The fraction of sp³-hybridized carbons (Fsp3) is 0.667. The molecule has 0 aromatic rings. The van der Waals surface area contributed by atoms with E-state index in [9.17, 15) is 19.8 Å². The van der Waals surface area contributed by atoms with Crippen LogP contribution in [-0.2, 0) is 9.59 Å². The Bertz CT molecular complexity index is 612. The van der Waals surface area contributed by atoms with Gasteiger partial charge in [-0.1, -0.05) is 33.6 Å². The molecule has 0 saturated heterocycles. The van der Waals surface area contributed by atoms with E-state index in [1.165, 1.54) is 0 Å². The van der Waals surface area contributed by atoms with E-state index < -0.39 is 17.4 Å². The maximum atomic E-state index is 12.6. The molecule has 1 aliphatic carbocycles. The molecule has 152 valence electrons. The van der Waals surface area contributed by atoms with Gasteiger partial charge in [-0.3, -0.25) is 14.6 Å². The van der Waals surface area contributed by atoms with Gasteiger partial charge in [0, 0.05) is 12.3 Å². The zero-order chi connectivity index (χ0) is 20.4. The largest absolute Gasteiger partial charge is 0.515 e. The van der Waals surface area contributed by atoms with E-state index in [-0.39, 0.29) is 12.0 Å². The Kier molecular flexibility index (Phi) is 9.26. The molecule has 0 aromatic carbocycles. The molecular weight excluding hydrogens is 344 g/mol. The van der Waals surface area contributed by atoms with Crippen LogP contribution >= 0.6 is 0 Å². The fourth-order valence-electron chi connectivity index (χ4n) is 3.45. The molecular formula is C21H34N2O4. The molecule has 1 fully saturated rings. The number of carbonyl (C=O) groups is 2. The first kappa shape index (κ1) is 22.9. The minimum absolute atomic E-state index is 0.100. The first-order chi connectivity index (χ1) is 12.7.